The summed E-state index contributed by atoms with van der Waals surface area (Å²) in [6.45, 7) is 1.89. The first-order valence-electron chi connectivity index (χ1n) is 6.54. The molecule has 22 heavy (non-hydrogen) atoms. The van der Waals surface area contributed by atoms with Gasteiger partial charge in [0.05, 0.1) is 4.90 Å². The highest BCUT2D eigenvalue weighted by atomic mass is 32.2. The van der Waals surface area contributed by atoms with Crippen molar-refractivity contribution < 1.29 is 13.0 Å². The van der Waals surface area contributed by atoms with Gasteiger partial charge in [0.15, 0.2) is 5.69 Å². The van der Waals surface area contributed by atoms with E-state index in [4.69, 9.17) is 0 Å². The molecule has 0 saturated heterocycles. The van der Waals surface area contributed by atoms with E-state index in [0.717, 1.165) is 5.56 Å². The predicted octanol–water partition coefficient (Wildman–Crippen LogP) is 2.85. The van der Waals surface area contributed by atoms with E-state index in [9.17, 15) is 8.42 Å². The quantitative estimate of drug-likeness (QED) is 0.800. The van der Waals surface area contributed by atoms with Crippen LogP contribution in [0.3, 0.4) is 0 Å². The topological polar surface area (TPSA) is 85.1 Å². The third-order valence-corrected chi connectivity index (χ3v) is 4.45. The van der Waals surface area contributed by atoms with Gasteiger partial charge in [0.2, 0.25) is 5.82 Å². The van der Waals surface area contributed by atoms with Gasteiger partial charge in [-0.25, -0.2) is 13.0 Å². The summed E-state index contributed by atoms with van der Waals surface area (Å²) < 4.78 is 31.8. The molecular weight excluding hydrogens is 302 g/mol. The highest BCUT2D eigenvalue weighted by Crippen LogP contribution is 2.26. The van der Waals surface area contributed by atoms with Crippen LogP contribution in [0.25, 0.3) is 11.3 Å². The van der Waals surface area contributed by atoms with Crippen LogP contribution in [0.4, 0.5) is 5.82 Å². The lowest BCUT2D eigenvalue weighted by Crippen LogP contribution is -2.13. The van der Waals surface area contributed by atoms with Crippen LogP contribution >= 0.6 is 0 Å². The summed E-state index contributed by atoms with van der Waals surface area (Å²) in [5.41, 5.74) is 2.04. The van der Waals surface area contributed by atoms with Crippen molar-refractivity contribution in [3.05, 3.63) is 60.2 Å². The molecule has 0 unspecified atom stereocenters. The molecule has 0 spiro atoms. The minimum absolute atomic E-state index is 0.0618. The van der Waals surface area contributed by atoms with Gasteiger partial charge in [0, 0.05) is 5.56 Å². The number of nitrogens with one attached hydrogen (secondary N) is 1. The number of aromatic nitrogens is 2. The van der Waals surface area contributed by atoms with Crippen LogP contribution in [0.15, 0.2) is 64.1 Å². The van der Waals surface area contributed by atoms with Crippen LogP contribution in [0.2, 0.25) is 0 Å². The first-order valence-corrected chi connectivity index (χ1v) is 8.02. The van der Waals surface area contributed by atoms with Gasteiger partial charge in [0.25, 0.3) is 10.0 Å². The lowest BCUT2D eigenvalue weighted by molar-refractivity contribution is 0.310. The number of hydrogen-bond donors (Lipinski definition) is 1. The lowest BCUT2D eigenvalue weighted by atomic mass is 10.2. The molecule has 2 aromatic carbocycles. The molecule has 0 amide bonds. The summed E-state index contributed by atoms with van der Waals surface area (Å²) in [5.74, 6) is 0.0618. The van der Waals surface area contributed by atoms with Crippen molar-refractivity contribution >= 4 is 15.8 Å². The normalized spacial score (nSPS) is 11.3. The number of hydrogen-bond acceptors (Lipinski definition) is 5. The van der Waals surface area contributed by atoms with Crippen molar-refractivity contribution in [2.24, 2.45) is 0 Å². The van der Waals surface area contributed by atoms with Crippen LogP contribution in [-0.2, 0) is 10.0 Å². The van der Waals surface area contributed by atoms with Gasteiger partial charge in [-0.1, -0.05) is 48.0 Å². The molecule has 0 radical (unpaired) electrons. The molecule has 112 valence electrons. The first kappa shape index (κ1) is 14.3. The fraction of sp³-hybridized carbons (Fsp3) is 0.0667. The average Bonchev–Trinajstić information content (AvgIpc) is 2.96. The monoisotopic (exact) mass is 315 g/mol. The van der Waals surface area contributed by atoms with E-state index < -0.39 is 10.0 Å². The molecule has 7 heteroatoms. The van der Waals surface area contributed by atoms with E-state index in [-0.39, 0.29) is 10.7 Å². The van der Waals surface area contributed by atoms with Crippen molar-refractivity contribution in [3.8, 4) is 11.3 Å². The summed E-state index contributed by atoms with van der Waals surface area (Å²) in [5, 5.41) is 7.41. The maximum absolute atomic E-state index is 12.4. The molecule has 6 nitrogen and oxygen atoms in total. The van der Waals surface area contributed by atoms with E-state index >= 15 is 0 Å². The van der Waals surface area contributed by atoms with Crippen LogP contribution in [0.1, 0.15) is 5.56 Å². The number of rotatable bonds is 4. The Morgan fingerprint density at radius 2 is 1.64 bits per heavy atom. The highest BCUT2D eigenvalue weighted by Gasteiger charge is 2.20. The van der Waals surface area contributed by atoms with Gasteiger partial charge < -0.3 is 0 Å². The second-order valence-electron chi connectivity index (χ2n) is 4.75. The van der Waals surface area contributed by atoms with Gasteiger partial charge in [-0.05, 0) is 29.4 Å². The summed E-state index contributed by atoms with van der Waals surface area (Å²) in [6, 6.07) is 15.6. The molecule has 0 aliphatic heterocycles. The van der Waals surface area contributed by atoms with Crippen LogP contribution < -0.4 is 4.72 Å². The van der Waals surface area contributed by atoms with Gasteiger partial charge in [0.1, 0.15) is 0 Å². The molecular formula is C15H13N3O3S. The maximum atomic E-state index is 12.4. The standard InChI is InChI=1S/C15H13N3O3S/c1-11-7-9-13(10-8-11)22(19,20)18-15-14(16-21-17-15)12-5-3-2-4-6-12/h2-10H,1H3,(H,17,18). The molecule has 0 aliphatic carbocycles. The second kappa shape index (κ2) is 5.61. The van der Waals surface area contributed by atoms with Gasteiger partial charge >= 0.3 is 0 Å². The van der Waals surface area contributed by atoms with E-state index in [2.05, 4.69) is 19.7 Å². The average molecular weight is 315 g/mol. The molecule has 0 aliphatic rings. The number of nitrogens with zero attached hydrogens (tertiary/aromatic N) is 2. The number of benzene rings is 2. The Labute approximate surface area is 127 Å². The molecule has 1 aromatic heterocycles. The highest BCUT2D eigenvalue weighted by molar-refractivity contribution is 7.92. The largest absolute Gasteiger partial charge is 0.263 e. The Morgan fingerprint density at radius 1 is 0.955 bits per heavy atom. The van der Waals surface area contributed by atoms with Crippen LogP contribution in [-0.4, -0.2) is 18.7 Å². The predicted molar refractivity (Wildman–Crippen MR) is 81.7 cm³/mol. The zero-order valence-corrected chi connectivity index (χ0v) is 12.5. The molecule has 1 N–H and O–H groups in total. The fourth-order valence-electron chi connectivity index (χ4n) is 1.94. The Bertz CT molecular complexity index is 872. The number of aryl methyl sites for hydroxylation is 1. The van der Waals surface area contributed by atoms with Crippen LogP contribution in [0, 0.1) is 6.92 Å². The fourth-order valence-corrected chi connectivity index (χ4v) is 2.95. The Morgan fingerprint density at radius 3 is 2.32 bits per heavy atom. The summed E-state index contributed by atoms with van der Waals surface area (Å²) >= 11 is 0. The minimum Gasteiger partial charge on any atom is -0.259 e. The summed E-state index contributed by atoms with van der Waals surface area (Å²) in [4.78, 5) is 0.153. The smallest absolute Gasteiger partial charge is 0.259 e. The first-order chi connectivity index (χ1) is 10.6. The zero-order valence-electron chi connectivity index (χ0n) is 11.7. The maximum Gasteiger partial charge on any atom is 0.263 e. The molecule has 0 atom stereocenters. The van der Waals surface area contributed by atoms with Crippen molar-refractivity contribution in [2.45, 2.75) is 11.8 Å². The zero-order chi connectivity index (χ0) is 15.6. The van der Waals surface area contributed by atoms with E-state index in [1.54, 1.807) is 24.3 Å². The molecule has 0 saturated carbocycles. The molecule has 0 bridgehead atoms. The van der Waals surface area contributed by atoms with Gasteiger partial charge in [-0.15, -0.1) is 0 Å². The molecule has 3 aromatic rings. The summed E-state index contributed by atoms with van der Waals surface area (Å²) in [7, 11) is -3.74. The van der Waals surface area contributed by atoms with Crippen molar-refractivity contribution in [2.75, 3.05) is 4.72 Å². The minimum atomic E-state index is -3.74. The Balaban J connectivity index is 1.94. The van der Waals surface area contributed by atoms with Gasteiger partial charge in [-0.3, -0.25) is 4.72 Å². The molecule has 3 rings (SSSR count). The second-order valence-corrected chi connectivity index (χ2v) is 6.43. The Kier molecular flexibility index (Phi) is 3.64. The van der Waals surface area contributed by atoms with Crippen molar-refractivity contribution in [1.82, 2.24) is 10.3 Å². The van der Waals surface area contributed by atoms with Crippen LogP contribution in [0.5, 0.6) is 0 Å². The van der Waals surface area contributed by atoms with Crippen molar-refractivity contribution in [3.63, 3.8) is 0 Å². The number of sulfonamides is 1. The summed E-state index contributed by atoms with van der Waals surface area (Å²) in [6.07, 6.45) is 0. The molecule has 1 heterocycles. The molecule has 0 fully saturated rings. The lowest BCUT2D eigenvalue weighted by Gasteiger charge is -2.06. The SMILES string of the molecule is Cc1ccc(S(=O)(=O)Nc2nonc2-c2ccccc2)cc1. The van der Waals surface area contributed by atoms with Crippen molar-refractivity contribution in [1.29, 1.82) is 0 Å². The van der Waals surface area contributed by atoms with E-state index in [0.29, 0.717) is 11.3 Å². The van der Waals surface area contributed by atoms with E-state index in [1.165, 1.54) is 12.1 Å². The third-order valence-electron chi connectivity index (χ3n) is 3.10. The Hall–Kier alpha value is -2.67. The number of anilines is 1. The van der Waals surface area contributed by atoms with E-state index in [1.807, 2.05) is 25.1 Å². The third kappa shape index (κ3) is 2.84. The van der Waals surface area contributed by atoms with Gasteiger partial charge in [-0.2, -0.15) is 0 Å².